The van der Waals surface area contributed by atoms with Crippen molar-refractivity contribution in [2.45, 2.75) is 39.4 Å². The smallest absolute Gasteiger partial charge is 0.324 e. The van der Waals surface area contributed by atoms with E-state index in [9.17, 15) is 18.0 Å². The van der Waals surface area contributed by atoms with Crippen LogP contribution < -0.4 is 5.32 Å². The molecule has 0 bridgehead atoms. The average molecular weight is 403 g/mol. The van der Waals surface area contributed by atoms with Crippen LogP contribution in [0.2, 0.25) is 0 Å². The van der Waals surface area contributed by atoms with Crippen LogP contribution in [-0.4, -0.2) is 26.1 Å². The van der Waals surface area contributed by atoms with Crippen LogP contribution in [0.4, 0.5) is 18.9 Å². The molecule has 29 heavy (non-hydrogen) atoms. The van der Waals surface area contributed by atoms with E-state index >= 15 is 0 Å². The summed E-state index contributed by atoms with van der Waals surface area (Å²) in [4.78, 5) is 13.5. The summed E-state index contributed by atoms with van der Waals surface area (Å²) < 4.78 is 38.6. The van der Waals surface area contributed by atoms with Gasteiger partial charge in [0.15, 0.2) is 0 Å². The fourth-order valence-electron chi connectivity index (χ4n) is 2.91. The van der Waals surface area contributed by atoms with Gasteiger partial charge in [0, 0.05) is 11.3 Å². The number of carbonyl (C=O) groups is 1. The van der Waals surface area contributed by atoms with Gasteiger partial charge < -0.3 is 5.32 Å². The SMILES string of the molecule is Cc1cccc(C(C)C)c1NC(=O)Cn1nnc(-c2cccc(C(F)(F)F)c2)n1. The number of para-hydroxylation sites is 1. The number of carbonyl (C=O) groups excluding carboxylic acids is 1. The zero-order valence-corrected chi connectivity index (χ0v) is 16.2. The van der Waals surface area contributed by atoms with Crippen molar-refractivity contribution < 1.29 is 18.0 Å². The zero-order valence-electron chi connectivity index (χ0n) is 16.2. The Kier molecular flexibility index (Phi) is 5.67. The quantitative estimate of drug-likeness (QED) is 0.684. The van der Waals surface area contributed by atoms with Crippen LogP contribution in [0.3, 0.4) is 0 Å². The van der Waals surface area contributed by atoms with Gasteiger partial charge in [-0.1, -0.05) is 44.2 Å². The summed E-state index contributed by atoms with van der Waals surface area (Å²) in [6, 6.07) is 10.4. The van der Waals surface area contributed by atoms with Crippen molar-refractivity contribution in [1.82, 2.24) is 20.2 Å². The zero-order chi connectivity index (χ0) is 21.2. The van der Waals surface area contributed by atoms with Crippen molar-refractivity contribution in [1.29, 1.82) is 0 Å². The van der Waals surface area contributed by atoms with Gasteiger partial charge >= 0.3 is 6.18 Å². The topological polar surface area (TPSA) is 72.7 Å². The van der Waals surface area contributed by atoms with Gasteiger partial charge in [-0.25, -0.2) is 0 Å². The maximum atomic E-state index is 12.9. The van der Waals surface area contributed by atoms with Crippen LogP contribution in [0, 0.1) is 6.92 Å². The molecule has 1 aromatic heterocycles. The number of rotatable bonds is 5. The molecule has 0 radical (unpaired) electrons. The molecule has 0 fully saturated rings. The minimum absolute atomic E-state index is 0.0164. The summed E-state index contributed by atoms with van der Waals surface area (Å²) in [5, 5.41) is 14.4. The lowest BCUT2D eigenvalue weighted by atomic mass is 9.98. The lowest BCUT2D eigenvalue weighted by molar-refractivity contribution is -0.137. The summed E-state index contributed by atoms with van der Waals surface area (Å²) in [5.74, 6) is -0.112. The molecule has 0 saturated heterocycles. The Morgan fingerprint density at radius 3 is 2.59 bits per heavy atom. The number of amides is 1. The third-order valence-electron chi connectivity index (χ3n) is 4.38. The predicted octanol–water partition coefficient (Wildman–Crippen LogP) is 4.43. The maximum absolute atomic E-state index is 12.9. The van der Waals surface area contributed by atoms with Crippen molar-refractivity contribution in [3.63, 3.8) is 0 Å². The number of tetrazole rings is 1. The van der Waals surface area contributed by atoms with Crippen LogP contribution >= 0.6 is 0 Å². The van der Waals surface area contributed by atoms with Crippen molar-refractivity contribution in [2.24, 2.45) is 0 Å². The van der Waals surface area contributed by atoms with Gasteiger partial charge in [0.2, 0.25) is 11.7 Å². The first-order chi connectivity index (χ1) is 13.6. The number of benzene rings is 2. The molecule has 152 valence electrons. The number of nitrogens with zero attached hydrogens (tertiary/aromatic N) is 4. The fraction of sp³-hybridized carbons (Fsp3) is 0.300. The van der Waals surface area contributed by atoms with Gasteiger partial charge in [-0.3, -0.25) is 4.79 Å². The van der Waals surface area contributed by atoms with Crippen molar-refractivity contribution in [3.8, 4) is 11.4 Å². The van der Waals surface area contributed by atoms with Crippen LogP contribution in [0.5, 0.6) is 0 Å². The first-order valence-corrected chi connectivity index (χ1v) is 9.00. The highest BCUT2D eigenvalue weighted by Gasteiger charge is 2.30. The summed E-state index contributed by atoms with van der Waals surface area (Å²) in [6.07, 6.45) is -4.46. The Morgan fingerprint density at radius 1 is 1.17 bits per heavy atom. The average Bonchev–Trinajstić information content (AvgIpc) is 3.11. The van der Waals surface area contributed by atoms with Gasteiger partial charge in [-0.05, 0) is 41.3 Å². The molecule has 3 aromatic rings. The van der Waals surface area contributed by atoms with Gasteiger partial charge in [-0.2, -0.15) is 18.0 Å². The highest BCUT2D eigenvalue weighted by atomic mass is 19.4. The second-order valence-corrected chi connectivity index (χ2v) is 6.96. The standard InChI is InChI=1S/C20H20F3N5O/c1-12(2)16-9-4-6-13(3)18(16)24-17(29)11-28-26-19(25-27-28)14-7-5-8-15(10-14)20(21,22)23/h4-10,12H,11H2,1-3H3,(H,24,29). The molecule has 0 spiro atoms. The van der Waals surface area contributed by atoms with E-state index in [2.05, 4.69) is 20.7 Å². The molecule has 3 rings (SSSR count). The summed E-state index contributed by atoms with van der Waals surface area (Å²) >= 11 is 0. The third kappa shape index (κ3) is 4.79. The molecule has 6 nitrogen and oxygen atoms in total. The molecule has 0 atom stereocenters. The Hall–Kier alpha value is -3.23. The molecule has 0 saturated carbocycles. The minimum atomic E-state index is -4.46. The number of aryl methyl sites for hydroxylation is 1. The Morgan fingerprint density at radius 2 is 1.90 bits per heavy atom. The van der Waals surface area contributed by atoms with Gasteiger partial charge in [0.25, 0.3) is 0 Å². The summed E-state index contributed by atoms with van der Waals surface area (Å²) in [5.41, 5.74) is 2.05. The van der Waals surface area contributed by atoms with Gasteiger partial charge in [-0.15, -0.1) is 10.2 Å². The van der Waals surface area contributed by atoms with Crippen LogP contribution in [0.1, 0.15) is 36.5 Å². The lowest BCUT2D eigenvalue weighted by Gasteiger charge is -2.16. The number of aromatic nitrogens is 4. The number of halogens is 3. The number of hydrogen-bond donors (Lipinski definition) is 1. The van der Waals surface area contributed by atoms with E-state index in [-0.39, 0.29) is 29.8 Å². The first kappa shape index (κ1) is 20.5. The van der Waals surface area contributed by atoms with E-state index in [1.165, 1.54) is 12.1 Å². The molecule has 1 amide bonds. The maximum Gasteiger partial charge on any atom is 0.416 e. The summed E-state index contributed by atoms with van der Waals surface area (Å²) in [6.45, 7) is 5.76. The van der Waals surface area contributed by atoms with Gasteiger partial charge in [0.1, 0.15) is 6.54 Å². The number of nitrogens with one attached hydrogen (secondary N) is 1. The van der Waals surface area contributed by atoms with E-state index < -0.39 is 11.7 Å². The molecule has 0 aliphatic heterocycles. The molecule has 1 heterocycles. The molecule has 2 aromatic carbocycles. The van der Waals surface area contributed by atoms with E-state index in [0.29, 0.717) is 0 Å². The number of hydrogen-bond acceptors (Lipinski definition) is 4. The van der Waals surface area contributed by atoms with Crippen molar-refractivity contribution in [3.05, 3.63) is 59.2 Å². The van der Waals surface area contributed by atoms with Gasteiger partial charge in [0.05, 0.1) is 5.56 Å². The fourth-order valence-corrected chi connectivity index (χ4v) is 2.91. The molecule has 0 unspecified atom stereocenters. The number of alkyl halides is 3. The molecule has 1 N–H and O–H groups in total. The monoisotopic (exact) mass is 403 g/mol. The first-order valence-electron chi connectivity index (χ1n) is 9.00. The minimum Gasteiger partial charge on any atom is -0.324 e. The van der Waals surface area contributed by atoms with E-state index in [1.807, 2.05) is 39.0 Å². The van der Waals surface area contributed by atoms with Crippen LogP contribution in [0.25, 0.3) is 11.4 Å². The molecule has 0 aliphatic rings. The normalized spacial score (nSPS) is 11.7. The Bertz CT molecular complexity index is 1030. The second kappa shape index (κ2) is 8.02. The predicted molar refractivity (Wildman–Crippen MR) is 102 cm³/mol. The van der Waals surface area contributed by atoms with E-state index in [1.54, 1.807) is 0 Å². The Balaban J connectivity index is 1.75. The van der Waals surface area contributed by atoms with Crippen LogP contribution in [0.15, 0.2) is 42.5 Å². The van der Waals surface area contributed by atoms with Crippen LogP contribution in [-0.2, 0) is 17.5 Å². The third-order valence-corrected chi connectivity index (χ3v) is 4.38. The second-order valence-electron chi connectivity index (χ2n) is 6.96. The molecule has 0 aliphatic carbocycles. The highest BCUT2D eigenvalue weighted by Crippen LogP contribution is 2.31. The van der Waals surface area contributed by atoms with Crippen molar-refractivity contribution in [2.75, 3.05) is 5.32 Å². The number of anilines is 1. The summed E-state index contributed by atoms with van der Waals surface area (Å²) in [7, 11) is 0. The van der Waals surface area contributed by atoms with E-state index in [4.69, 9.17) is 0 Å². The van der Waals surface area contributed by atoms with E-state index in [0.717, 1.165) is 33.7 Å². The molecular formula is C20H20F3N5O. The Labute approximate surface area is 165 Å². The van der Waals surface area contributed by atoms with Crippen molar-refractivity contribution >= 4 is 11.6 Å². The highest BCUT2D eigenvalue weighted by molar-refractivity contribution is 5.92. The molecule has 9 heteroatoms. The molecular weight excluding hydrogens is 383 g/mol. The lowest BCUT2D eigenvalue weighted by Crippen LogP contribution is -2.22. The largest absolute Gasteiger partial charge is 0.416 e.